The van der Waals surface area contributed by atoms with Crippen LogP contribution in [0.15, 0.2) is 78.2 Å². The minimum atomic E-state index is -4.49. The Morgan fingerprint density at radius 3 is 2.28 bits per heavy atom. The van der Waals surface area contributed by atoms with Crippen LogP contribution in [0.4, 0.5) is 26.3 Å². The van der Waals surface area contributed by atoms with Gasteiger partial charge in [-0.15, -0.1) is 0 Å². The second-order valence-corrected chi connectivity index (χ2v) is 8.89. The summed E-state index contributed by atoms with van der Waals surface area (Å²) in [6, 6.07) is 4.49. The van der Waals surface area contributed by atoms with Gasteiger partial charge in [0.25, 0.3) is 0 Å². The molecular formula is C27H29F6NO2. The highest BCUT2D eigenvalue weighted by Crippen LogP contribution is 2.34. The molecule has 2 atom stereocenters. The number of carboxylic acids is 1. The number of hydrogen-bond donors (Lipinski definition) is 2. The second-order valence-electron chi connectivity index (χ2n) is 8.89. The van der Waals surface area contributed by atoms with E-state index in [0.717, 1.165) is 18.2 Å². The molecule has 0 heterocycles. The predicted octanol–water partition coefficient (Wildman–Crippen LogP) is 7.91. The van der Waals surface area contributed by atoms with Gasteiger partial charge >= 0.3 is 18.3 Å². The zero-order valence-corrected chi connectivity index (χ0v) is 20.1. The standard InChI is InChI=1S/C27H29F6NO2/c1-4-18(19-8-11-21(12-9-19)26(28,29)30)15-24(13-10-20(25(35)36)14-17(2)3)34-23-7-5-6-22(16-23)27(31,32)33/h4-5,7-13,15-17,20,22,34H,6,14H2,1-3H3,(H,35,36)/b13-10+,18-4+,24-15+. The SMILES string of the molecule is C\C=C(/C=C(\C=C\C(CC(C)C)C(=O)O)NC1=CC(C(F)(F)F)CC=C1)c1ccc(C(F)(F)F)cc1. The van der Waals surface area contributed by atoms with Crippen molar-refractivity contribution in [2.75, 3.05) is 0 Å². The topological polar surface area (TPSA) is 49.3 Å². The number of alkyl halides is 6. The molecule has 2 unspecified atom stereocenters. The lowest BCUT2D eigenvalue weighted by atomic mass is 9.96. The fourth-order valence-electron chi connectivity index (χ4n) is 3.63. The summed E-state index contributed by atoms with van der Waals surface area (Å²) < 4.78 is 78.5. The number of benzene rings is 1. The fourth-order valence-corrected chi connectivity index (χ4v) is 3.63. The van der Waals surface area contributed by atoms with Crippen molar-refractivity contribution in [1.29, 1.82) is 0 Å². The van der Waals surface area contributed by atoms with Crippen LogP contribution in [-0.4, -0.2) is 17.3 Å². The van der Waals surface area contributed by atoms with Crippen LogP contribution in [0.5, 0.6) is 0 Å². The van der Waals surface area contributed by atoms with Crippen LogP contribution in [0.1, 0.15) is 44.7 Å². The molecule has 36 heavy (non-hydrogen) atoms. The maximum Gasteiger partial charge on any atom is 0.416 e. The maximum atomic E-state index is 13.2. The molecule has 0 saturated heterocycles. The van der Waals surface area contributed by atoms with Gasteiger partial charge in [-0.3, -0.25) is 4.79 Å². The lowest BCUT2D eigenvalue weighted by Gasteiger charge is -2.21. The van der Waals surface area contributed by atoms with Crippen molar-refractivity contribution in [1.82, 2.24) is 5.32 Å². The summed E-state index contributed by atoms with van der Waals surface area (Å²) in [5.74, 6) is -3.44. The maximum absolute atomic E-state index is 13.2. The molecule has 0 spiro atoms. The molecule has 1 aliphatic rings. The summed E-state index contributed by atoms with van der Waals surface area (Å²) in [5.41, 5.74) is 0.614. The summed E-state index contributed by atoms with van der Waals surface area (Å²) in [5, 5.41) is 12.4. The molecule has 9 heteroatoms. The highest BCUT2D eigenvalue weighted by molar-refractivity contribution is 5.75. The molecule has 2 N–H and O–H groups in total. The third kappa shape index (κ3) is 8.77. The van der Waals surface area contributed by atoms with Crippen LogP contribution < -0.4 is 5.32 Å². The molecule has 1 aliphatic carbocycles. The normalized spacial score (nSPS) is 18.5. The Kier molecular flexibility index (Phi) is 9.78. The number of aliphatic carboxylic acids is 1. The highest BCUT2D eigenvalue weighted by atomic mass is 19.4. The fraction of sp³-hybridized carbons (Fsp3) is 0.370. The summed E-state index contributed by atoms with van der Waals surface area (Å²) in [6.45, 7) is 5.41. The van der Waals surface area contributed by atoms with E-state index in [2.05, 4.69) is 5.32 Å². The van der Waals surface area contributed by atoms with Gasteiger partial charge in [0.05, 0.1) is 17.4 Å². The average molecular weight is 514 g/mol. The molecule has 0 amide bonds. The van der Waals surface area contributed by atoms with E-state index in [1.807, 2.05) is 13.8 Å². The molecule has 0 aromatic heterocycles. The van der Waals surface area contributed by atoms with Crippen LogP contribution in [-0.2, 0) is 11.0 Å². The molecule has 0 aliphatic heterocycles. The molecule has 1 aromatic rings. The number of halogens is 6. The monoisotopic (exact) mass is 513 g/mol. The predicted molar refractivity (Wildman–Crippen MR) is 127 cm³/mol. The third-order valence-corrected chi connectivity index (χ3v) is 5.50. The van der Waals surface area contributed by atoms with Crippen molar-refractivity contribution < 1.29 is 36.2 Å². The Hall–Kier alpha value is -3.23. The van der Waals surface area contributed by atoms with E-state index >= 15 is 0 Å². The molecule has 196 valence electrons. The van der Waals surface area contributed by atoms with Crippen molar-refractivity contribution in [2.45, 2.75) is 46.0 Å². The van der Waals surface area contributed by atoms with E-state index in [1.54, 1.807) is 19.1 Å². The first-order valence-electron chi connectivity index (χ1n) is 11.4. The second kappa shape index (κ2) is 12.1. The Bertz CT molecular complexity index is 1060. The average Bonchev–Trinajstić information content (AvgIpc) is 2.78. The Balaban J connectivity index is 2.45. The number of rotatable bonds is 9. The van der Waals surface area contributed by atoms with Crippen molar-refractivity contribution in [3.05, 3.63) is 89.3 Å². The number of hydrogen-bond acceptors (Lipinski definition) is 2. The van der Waals surface area contributed by atoms with Crippen molar-refractivity contribution in [3.63, 3.8) is 0 Å². The van der Waals surface area contributed by atoms with E-state index in [9.17, 15) is 36.2 Å². The Labute approximate surface area is 206 Å². The summed E-state index contributed by atoms with van der Waals surface area (Å²) in [6.07, 6.45) is 1.33. The smallest absolute Gasteiger partial charge is 0.416 e. The first-order chi connectivity index (χ1) is 16.7. The largest absolute Gasteiger partial charge is 0.481 e. The number of carboxylic acid groups (broad SMARTS) is 1. The zero-order chi connectivity index (χ0) is 27.1. The van der Waals surface area contributed by atoms with E-state index < -0.39 is 35.7 Å². The number of allylic oxidation sites excluding steroid dienone is 7. The highest BCUT2D eigenvalue weighted by Gasteiger charge is 2.38. The molecular weight excluding hydrogens is 484 g/mol. The van der Waals surface area contributed by atoms with Gasteiger partial charge < -0.3 is 10.4 Å². The van der Waals surface area contributed by atoms with Crippen molar-refractivity contribution >= 4 is 11.5 Å². The van der Waals surface area contributed by atoms with E-state index in [-0.39, 0.29) is 23.7 Å². The molecule has 0 fully saturated rings. The summed E-state index contributed by atoms with van der Waals surface area (Å²) >= 11 is 0. The molecule has 1 aromatic carbocycles. The summed E-state index contributed by atoms with van der Waals surface area (Å²) in [4.78, 5) is 11.7. The Morgan fingerprint density at radius 2 is 1.78 bits per heavy atom. The first kappa shape index (κ1) is 29.0. The third-order valence-electron chi connectivity index (χ3n) is 5.50. The van der Waals surface area contributed by atoms with E-state index in [1.165, 1.54) is 36.4 Å². The zero-order valence-electron chi connectivity index (χ0n) is 20.1. The number of nitrogens with one attached hydrogen (secondary N) is 1. The van der Waals surface area contributed by atoms with Crippen LogP contribution >= 0.6 is 0 Å². The lowest BCUT2D eigenvalue weighted by molar-refractivity contribution is -0.160. The molecule has 0 saturated carbocycles. The van der Waals surface area contributed by atoms with Crippen LogP contribution in [0.2, 0.25) is 0 Å². The molecule has 0 radical (unpaired) electrons. The molecule has 3 nitrogen and oxygen atoms in total. The van der Waals surface area contributed by atoms with Gasteiger partial charge in [-0.05, 0) is 73.3 Å². The minimum Gasteiger partial charge on any atom is -0.481 e. The number of carbonyl (C=O) groups is 1. The molecule has 0 bridgehead atoms. The van der Waals surface area contributed by atoms with Gasteiger partial charge in [-0.1, -0.05) is 44.2 Å². The van der Waals surface area contributed by atoms with Gasteiger partial charge in [0.2, 0.25) is 0 Å². The van der Waals surface area contributed by atoms with E-state index in [4.69, 9.17) is 0 Å². The van der Waals surface area contributed by atoms with Gasteiger partial charge in [-0.2, -0.15) is 26.3 Å². The van der Waals surface area contributed by atoms with Crippen LogP contribution in [0.25, 0.3) is 5.57 Å². The Morgan fingerprint density at radius 1 is 1.14 bits per heavy atom. The van der Waals surface area contributed by atoms with Crippen molar-refractivity contribution in [2.24, 2.45) is 17.8 Å². The van der Waals surface area contributed by atoms with Gasteiger partial charge in [0.15, 0.2) is 0 Å². The van der Waals surface area contributed by atoms with Gasteiger partial charge in [0, 0.05) is 11.4 Å². The van der Waals surface area contributed by atoms with Crippen molar-refractivity contribution in [3.8, 4) is 0 Å². The van der Waals surface area contributed by atoms with Crippen LogP contribution in [0, 0.1) is 17.8 Å². The lowest BCUT2D eigenvalue weighted by Crippen LogP contribution is -2.24. The van der Waals surface area contributed by atoms with Crippen LogP contribution in [0.3, 0.4) is 0 Å². The first-order valence-corrected chi connectivity index (χ1v) is 11.4. The van der Waals surface area contributed by atoms with E-state index in [0.29, 0.717) is 17.6 Å². The van der Waals surface area contributed by atoms with Gasteiger partial charge in [-0.25, -0.2) is 0 Å². The minimum absolute atomic E-state index is 0.0888. The van der Waals surface area contributed by atoms with Gasteiger partial charge in [0.1, 0.15) is 0 Å². The summed E-state index contributed by atoms with van der Waals surface area (Å²) in [7, 11) is 0. The molecule has 2 rings (SSSR count). The quantitative estimate of drug-likeness (QED) is 0.261.